The zero-order valence-corrected chi connectivity index (χ0v) is 18.6. The molecule has 0 spiro atoms. The fraction of sp³-hybridized carbons (Fsp3) is 0.417. The van der Waals surface area contributed by atoms with Crippen LogP contribution in [0.4, 0.5) is 4.39 Å². The Morgan fingerprint density at radius 3 is 2.48 bits per heavy atom. The molecule has 166 valence electrons. The van der Waals surface area contributed by atoms with Crippen LogP contribution in [-0.4, -0.2) is 44.4 Å². The number of carbonyl (C=O) groups excluding carboxylic acids is 2. The average Bonchev–Trinajstić information content (AvgIpc) is 3.27. The van der Waals surface area contributed by atoms with Gasteiger partial charge in [0.1, 0.15) is 5.82 Å². The van der Waals surface area contributed by atoms with Crippen LogP contribution in [0.1, 0.15) is 41.6 Å². The number of halogens is 1. The minimum atomic E-state index is -0.252. The number of ether oxygens (including phenoxy) is 1. The van der Waals surface area contributed by atoms with Gasteiger partial charge in [-0.15, -0.1) is 11.8 Å². The molecule has 0 aromatic heterocycles. The molecule has 31 heavy (non-hydrogen) atoms. The lowest BCUT2D eigenvalue weighted by Crippen LogP contribution is -2.39. The predicted molar refractivity (Wildman–Crippen MR) is 121 cm³/mol. The topological polar surface area (TPSA) is 67.4 Å². The van der Waals surface area contributed by atoms with Crippen LogP contribution in [0.5, 0.6) is 0 Å². The van der Waals surface area contributed by atoms with Crippen LogP contribution in [-0.2, 0) is 14.9 Å². The van der Waals surface area contributed by atoms with Gasteiger partial charge in [-0.2, -0.15) is 0 Å². The largest absolute Gasteiger partial charge is 0.383 e. The van der Waals surface area contributed by atoms with Crippen molar-refractivity contribution in [3.63, 3.8) is 0 Å². The predicted octanol–water partition coefficient (Wildman–Crippen LogP) is 3.92. The highest BCUT2D eigenvalue weighted by Gasteiger charge is 2.36. The van der Waals surface area contributed by atoms with Gasteiger partial charge in [-0.05, 0) is 42.7 Å². The summed E-state index contributed by atoms with van der Waals surface area (Å²) in [5, 5.41) is 5.88. The molecule has 1 saturated carbocycles. The molecular formula is C24H29FN2O3S. The quantitative estimate of drug-likeness (QED) is 0.431. The molecule has 0 atom stereocenters. The smallest absolute Gasteiger partial charge is 0.252 e. The Bertz CT molecular complexity index is 883. The number of carbonyl (C=O) groups is 2. The number of thioether (sulfide) groups is 1. The first-order valence-corrected chi connectivity index (χ1v) is 11.5. The third kappa shape index (κ3) is 6.31. The highest BCUT2D eigenvalue weighted by atomic mass is 32.2. The van der Waals surface area contributed by atoms with Gasteiger partial charge in [0.25, 0.3) is 5.91 Å². The molecule has 0 aliphatic heterocycles. The van der Waals surface area contributed by atoms with Crippen molar-refractivity contribution in [2.75, 3.05) is 32.6 Å². The maximum Gasteiger partial charge on any atom is 0.252 e. The molecule has 1 aliphatic carbocycles. The third-order valence-corrected chi connectivity index (χ3v) is 6.80. The van der Waals surface area contributed by atoms with Gasteiger partial charge >= 0.3 is 0 Å². The summed E-state index contributed by atoms with van der Waals surface area (Å²) in [6.45, 7) is 1.43. The first kappa shape index (κ1) is 23.3. The summed E-state index contributed by atoms with van der Waals surface area (Å²) in [6.07, 6.45) is 4.13. The Morgan fingerprint density at radius 2 is 1.77 bits per heavy atom. The van der Waals surface area contributed by atoms with Gasteiger partial charge in [0.15, 0.2) is 0 Å². The van der Waals surface area contributed by atoms with E-state index >= 15 is 0 Å². The SMILES string of the molecule is COCCNC(=O)CSc1ccccc1C(=O)NCC1(c2ccc(F)cc2)CCCC1. The van der Waals surface area contributed by atoms with Gasteiger partial charge in [0, 0.05) is 30.5 Å². The lowest BCUT2D eigenvalue weighted by molar-refractivity contribution is -0.118. The van der Waals surface area contributed by atoms with Gasteiger partial charge in [0.05, 0.1) is 17.9 Å². The van der Waals surface area contributed by atoms with Crippen molar-refractivity contribution < 1.29 is 18.7 Å². The van der Waals surface area contributed by atoms with Gasteiger partial charge in [0.2, 0.25) is 5.91 Å². The highest BCUT2D eigenvalue weighted by molar-refractivity contribution is 8.00. The third-order valence-electron chi connectivity index (χ3n) is 5.72. The van der Waals surface area contributed by atoms with Gasteiger partial charge in [-0.1, -0.05) is 37.1 Å². The molecule has 7 heteroatoms. The van der Waals surface area contributed by atoms with Crippen LogP contribution >= 0.6 is 11.8 Å². The van der Waals surface area contributed by atoms with Crippen LogP contribution in [0.3, 0.4) is 0 Å². The molecule has 2 amide bonds. The highest BCUT2D eigenvalue weighted by Crippen LogP contribution is 2.40. The lowest BCUT2D eigenvalue weighted by atomic mass is 9.78. The van der Waals surface area contributed by atoms with Crippen LogP contribution in [0.25, 0.3) is 0 Å². The van der Waals surface area contributed by atoms with E-state index in [2.05, 4.69) is 10.6 Å². The summed E-state index contributed by atoms with van der Waals surface area (Å²) >= 11 is 1.34. The second-order valence-corrected chi connectivity index (χ2v) is 8.82. The second-order valence-electron chi connectivity index (χ2n) is 7.80. The Kier molecular flexibility index (Phi) is 8.49. The van der Waals surface area contributed by atoms with Gasteiger partial charge < -0.3 is 15.4 Å². The summed E-state index contributed by atoms with van der Waals surface area (Å²) in [4.78, 5) is 25.8. The number of rotatable bonds is 10. The van der Waals surface area contributed by atoms with E-state index in [9.17, 15) is 14.0 Å². The standard InChI is InChI=1S/C24H29FN2O3S/c1-30-15-14-26-22(28)16-31-21-7-3-2-6-20(21)23(29)27-17-24(12-4-5-13-24)18-8-10-19(25)11-9-18/h2-3,6-11H,4-5,12-17H2,1H3,(H,26,28)(H,27,29). The summed E-state index contributed by atoms with van der Waals surface area (Å²) in [7, 11) is 1.58. The fourth-order valence-electron chi connectivity index (χ4n) is 4.03. The molecule has 2 aromatic carbocycles. The van der Waals surface area contributed by atoms with Crippen LogP contribution in [0.2, 0.25) is 0 Å². The first-order valence-electron chi connectivity index (χ1n) is 10.6. The van der Waals surface area contributed by atoms with E-state index < -0.39 is 0 Å². The molecule has 0 unspecified atom stereocenters. The minimum Gasteiger partial charge on any atom is -0.383 e. The van der Waals surface area contributed by atoms with E-state index in [0.29, 0.717) is 25.3 Å². The zero-order chi connectivity index (χ0) is 22.1. The van der Waals surface area contributed by atoms with E-state index in [1.54, 1.807) is 13.2 Å². The van der Waals surface area contributed by atoms with Gasteiger partial charge in [-0.25, -0.2) is 4.39 Å². The second kappa shape index (κ2) is 11.3. The molecule has 1 fully saturated rings. The lowest BCUT2D eigenvalue weighted by Gasteiger charge is -2.30. The fourth-order valence-corrected chi connectivity index (χ4v) is 4.91. The Morgan fingerprint density at radius 1 is 1.06 bits per heavy atom. The molecule has 0 heterocycles. The van der Waals surface area contributed by atoms with Crippen molar-refractivity contribution >= 4 is 23.6 Å². The maximum absolute atomic E-state index is 13.4. The van der Waals surface area contributed by atoms with E-state index in [0.717, 1.165) is 36.1 Å². The molecule has 2 N–H and O–H groups in total. The van der Waals surface area contributed by atoms with Crippen molar-refractivity contribution in [1.29, 1.82) is 0 Å². The molecule has 1 aliphatic rings. The number of amides is 2. The Balaban J connectivity index is 1.63. The molecule has 3 rings (SSSR count). The van der Waals surface area contributed by atoms with Crippen LogP contribution in [0.15, 0.2) is 53.4 Å². The number of methoxy groups -OCH3 is 1. The Labute approximate surface area is 187 Å². The number of benzene rings is 2. The Hall–Kier alpha value is -2.38. The van der Waals surface area contributed by atoms with E-state index in [1.165, 1.54) is 23.9 Å². The zero-order valence-electron chi connectivity index (χ0n) is 17.8. The van der Waals surface area contributed by atoms with Crippen molar-refractivity contribution in [3.8, 4) is 0 Å². The maximum atomic E-state index is 13.4. The normalized spacial score (nSPS) is 14.9. The van der Waals surface area contributed by atoms with Crippen molar-refractivity contribution in [3.05, 3.63) is 65.5 Å². The molecule has 5 nitrogen and oxygen atoms in total. The molecule has 0 bridgehead atoms. The van der Waals surface area contributed by atoms with Crippen molar-refractivity contribution in [2.45, 2.75) is 36.0 Å². The monoisotopic (exact) mass is 444 g/mol. The molecule has 0 saturated heterocycles. The number of hydrogen-bond donors (Lipinski definition) is 2. The first-order chi connectivity index (χ1) is 15.0. The summed E-state index contributed by atoms with van der Waals surface area (Å²) in [5.74, 6) is -0.277. The van der Waals surface area contributed by atoms with Crippen molar-refractivity contribution in [2.24, 2.45) is 0 Å². The molecule has 2 aromatic rings. The average molecular weight is 445 g/mol. The summed E-state index contributed by atoms with van der Waals surface area (Å²) < 4.78 is 18.3. The molecule has 0 radical (unpaired) electrons. The van der Waals surface area contributed by atoms with Gasteiger partial charge in [-0.3, -0.25) is 9.59 Å². The summed E-state index contributed by atoms with van der Waals surface area (Å²) in [6, 6.07) is 14.0. The van der Waals surface area contributed by atoms with Crippen LogP contribution in [0, 0.1) is 5.82 Å². The van der Waals surface area contributed by atoms with E-state index in [4.69, 9.17) is 4.74 Å². The van der Waals surface area contributed by atoms with E-state index in [-0.39, 0.29) is 28.8 Å². The number of nitrogens with one attached hydrogen (secondary N) is 2. The number of hydrogen-bond acceptors (Lipinski definition) is 4. The summed E-state index contributed by atoms with van der Waals surface area (Å²) in [5.41, 5.74) is 1.47. The molecular weight excluding hydrogens is 415 g/mol. The van der Waals surface area contributed by atoms with E-state index in [1.807, 2.05) is 30.3 Å². The van der Waals surface area contributed by atoms with Crippen molar-refractivity contribution in [1.82, 2.24) is 10.6 Å². The minimum absolute atomic E-state index is 0.0986. The van der Waals surface area contributed by atoms with Crippen LogP contribution < -0.4 is 10.6 Å².